The number of imidazole rings is 1. The van der Waals surface area contributed by atoms with Crippen molar-refractivity contribution < 1.29 is 14.3 Å². The molecule has 0 fully saturated rings. The molecule has 6 heteroatoms. The molecular weight excluding hydrogens is 247 g/mol. The zero-order valence-corrected chi connectivity index (χ0v) is 9.36. The Morgan fingerprint density at radius 2 is 2.29 bits per heavy atom. The molecule has 88 valence electrons. The zero-order chi connectivity index (χ0) is 12.4. The Kier molecular flexibility index (Phi) is 3.10. The van der Waals surface area contributed by atoms with Crippen LogP contribution >= 0.6 is 11.6 Å². The first kappa shape index (κ1) is 11.6. The molecule has 1 aromatic carbocycles. The normalized spacial score (nSPS) is 10.5. The van der Waals surface area contributed by atoms with E-state index in [9.17, 15) is 9.18 Å². The van der Waals surface area contributed by atoms with Crippen LogP contribution in [-0.2, 0) is 6.54 Å². The standard InChI is InChI=1S/C11H8ClFN2O2/c12-8-2-1-3-9(13)7(8)6-15-5-4-14-10(15)11(16)17/h1-5H,6H2,(H,16,17). The van der Waals surface area contributed by atoms with E-state index in [0.717, 1.165) is 0 Å². The molecule has 4 nitrogen and oxygen atoms in total. The number of carboxylic acid groups (broad SMARTS) is 1. The molecule has 1 N–H and O–H groups in total. The molecule has 0 radical (unpaired) electrons. The molecule has 0 aliphatic heterocycles. The van der Waals surface area contributed by atoms with E-state index in [0.29, 0.717) is 0 Å². The quantitative estimate of drug-likeness (QED) is 0.915. The summed E-state index contributed by atoms with van der Waals surface area (Å²) < 4.78 is 14.8. The van der Waals surface area contributed by atoms with Gasteiger partial charge in [0.05, 0.1) is 6.54 Å². The van der Waals surface area contributed by atoms with E-state index in [1.165, 1.54) is 29.1 Å². The first-order valence-electron chi connectivity index (χ1n) is 4.77. The number of carboxylic acids is 1. The Balaban J connectivity index is 2.38. The Bertz CT molecular complexity index is 548. The van der Waals surface area contributed by atoms with Crippen LogP contribution in [0.25, 0.3) is 0 Å². The van der Waals surface area contributed by atoms with Gasteiger partial charge in [-0.25, -0.2) is 14.2 Å². The van der Waals surface area contributed by atoms with Gasteiger partial charge in [-0.05, 0) is 12.1 Å². The van der Waals surface area contributed by atoms with Crippen LogP contribution in [0.15, 0.2) is 30.6 Å². The maximum Gasteiger partial charge on any atom is 0.372 e. The van der Waals surface area contributed by atoms with Crippen molar-refractivity contribution in [3.63, 3.8) is 0 Å². The summed E-state index contributed by atoms with van der Waals surface area (Å²) in [6, 6.07) is 4.32. The van der Waals surface area contributed by atoms with Gasteiger partial charge >= 0.3 is 5.97 Å². The molecule has 0 amide bonds. The monoisotopic (exact) mass is 254 g/mol. The summed E-state index contributed by atoms with van der Waals surface area (Å²) in [4.78, 5) is 14.5. The largest absolute Gasteiger partial charge is 0.475 e. The third-order valence-electron chi connectivity index (χ3n) is 2.30. The highest BCUT2D eigenvalue weighted by Crippen LogP contribution is 2.20. The lowest BCUT2D eigenvalue weighted by atomic mass is 10.2. The first-order chi connectivity index (χ1) is 8.09. The topological polar surface area (TPSA) is 55.1 Å². The van der Waals surface area contributed by atoms with Gasteiger partial charge in [0.15, 0.2) is 0 Å². The Morgan fingerprint density at radius 1 is 1.53 bits per heavy atom. The molecule has 0 aliphatic carbocycles. The molecule has 2 aromatic rings. The van der Waals surface area contributed by atoms with Crippen molar-refractivity contribution in [3.05, 3.63) is 52.8 Å². The van der Waals surface area contributed by atoms with Gasteiger partial charge in [-0.2, -0.15) is 0 Å². The number of benzene rings is 1. The highest BCUT2D eigenvalue weighted by molar-refractivity contribution is 6.31. The van der Waals surface area contributed by atoms with Gasteiger partial charge in [0.25, 0.3) is 0 Å². The van der Waals surface area contributed by atoms with Crippen molar-refractivity contribution in [2.24, 2.45) is 0 Å². The second-order valence-electron chi connectivity index (χ2n) is 3.38. The molecule has 2 rings (SSSR count). The summed E-state index contributed by atoms with van der Waals surface area (Å²) in [5, 5.41) is 9.12. The number of hydrogen-bond donors (Lipinski definition) is 1. The van der Waals surface area contributed by atoms with E-state index in [1.54, 1.807) is 6.07 Å². The lowest BCUT2D eigenvalue weighted by Crippen LogP contribution is -2.11. The van der Waals surface area contributed by atoms with Gasteiger partial charge in [0.1, 0.15) is 5.82 Å². The lowest BCUT2D eigenvalue weighted by Gasteiger charge is -2.08. The molecule has 0 unspecified atom stereocenters. The van der Waals surface area contributed by atoms with Crippen molar-refractivity contribution in [1.29, 1.82) is 0 Å². The van der Waals surface area contributed by atoms with Gasteiger partial charge in [-0.15, -0.1) is 0 Å². The third kappa shape index (κ3) is 2.29. The number of nitrogens with zero attached hydrogens (tertiary/aromatic N) is 2. The van der Waals surface area contributed by atoms with Crippen LogP contribution in [0.2, 0.25) is 5.02 Å². The maximum absolute atomic E-state index is 13.5. The number of aromatic nitrogens is 2. The van der Waals surface area contributed by atoms with Crippen LogP contribution in [0.3, 0.4) is 0 Å². The van der Waals surface area contributed by atoms with E-state index < -0.39 is 11.8 Å². The van der Waals surface area contributed by atoms with Gasteiger partial charge in [-0.3, -0.25) is 0 Å². The van der Waals surface area contributed by atoms with Gasteiger partial charge in [-0.1, -0.05) is 17.7 Å². The molecule has 17 heavy (non-hydrogen) atoms. The van der Waals surface area contributed by atoms with Crippen molar-refractivity contribution in [3.8, 4) is 0 Å². The van der Waals surface area contributed by atoms with Gasteiger partial charge in [0.2, 0.25) is 5.82 Å². The summed E-state index contributed by atoms with van der Waals surface area (Å²) in [6.07, 6.45) is 2.81. The third-order valence-corrected chi connectivity index (χ3v) is 2.65. The van der Waals surface area contributed by atoms with Crippen LogP contribution in [0.4, 0.5) is 4.39 Å². The minimum absolute atomic E-state index is 0.0349. The van der Waals surface area contributed by atoms with Crippen molar-refractivity contribution in [2.45, 2.75) is 6.54 Å². The summed E-state index contributed by atoms with van der Waals surface area (Å²) in [6.45, 7) is 0.0349. The van der Waals surface area contributed by atoms with Crippen LogP contribution in [0, 0.1) is 5.82 Å². The fraction of sp³-hybridized carbons (Fsp3) is 0.0909. The second kappa shape index (κ2) is 4.55. The maximum atomic E-state index is 13.5. The number of rotatable bonds is 3. The van der Waals surface area contributed by atoms with Crippen LogP contribution in [0.5, 0.6) is 0 Å². The number of hydrogen-bond acceptors (Lipinski definition) is 2. The molecule has 0 bridgehead atoms. The van der Waals surface area contributed by atoms with Crippen LogP contribution in [0.1, 0.15) is 16.2 Å². The summed E-state index contributed by atoms with van der Waals surface area (Å²) in [7, 11) is 0. The smallest absolute Gasteiger partial charge is 0.372 e. The Labute approximate surface area is 101 Å². The van der Waals surface area contributed by atoms with Gasteiger partial charge in [0, 0.05) is 23.0 Å². The predicted octanol–water partition coefficient (Wildman–Crippen LogP) is 2.42. The number of halogens is 2. The van der Waals surface area contributed by atoms with Crippen LogP contribution < -0.4 is 0 Å². The van der Waals surface area contributed by atoms with Crippen molar-refractivity contribution >= 4 is 17.6 Å². The fourth-order valence-electron chi connectivity index (χ4n) is 1.49. The molecule has 0 spiro atoms. The summed E-state index contributed by atoms with van der Waals surface area (Å²) in [5.74, 6) is -1.78. The molecule has 1 heterocycles. The zero-order valence-electron chi connectivity index (χ0n) is 8.60. The SMILES string of the molecule is O=C(O)c1nccn1Cc1c(F)cccc1Cl. The number of aromatic carboxylic acids is 1. The average molecular weight is 255 g/mol. The number of carbonyl (C=O) groups is 1. The Morgan fingerprint density at radius 3 is 2.94 bits per heavy atom. The average Bonchev–Trinajstić information content (AvgIpc) is 2.72. The summed E-state index contributed by atoms with van der Waals surface area (Å²) >= 11 is 5.86. The van der Waals surface area contributed by atoms with Crippen molar-refractivity contribution in [1.82, 2.24) is 9.55 Å². The molecule has 0 saturated heterocycles. The van der Waals surface area contributed by atoms with E-state index in [2.05, 4.69) is 4.98 Å². The van der Waals surface area contributed by atoms with E-state index in [-0.39, 0.29) is 23.0 Å². The Hall–Kier alpha value is -1.88. The van der Waals surface area contributed by atoms with Crippen molar-refractivity contribution in [2.75, 3.05) is 0 Å². The highest BCUT2D eigenvalue weighted by Gasteiger charge is 2.14. The van der Waals surface area contributed by atoms with Gasteiger partial charge < -0.3 is 9.67 Å². The lowest BCUT2D eigenvalue weighted by molar-refractivity contribution is 0.0678. The van der Waals surface area contributed by atoms with E-state index in [4.69, 9.17) is 16.7 Å². The molecule has 0 saturated carbocycles. The minimum Gasteiger partial charge on any atom is -0.475 e. The predicted molar refractivity (Wildman–Crippen MR) is 59.7 cm³/mol. The fourth-order valence-corrected chi connectivity index (χ4v) is 1.71. The highest BCUT2D eigenvalue weighted by atomic mass is 35.5. The van der Waals surface area contributed by atoms with Crippen LogP contribution in [-0.4, -0.2) is 20.6 Å². The summed E-state index contributed by atoms with van der Waals surface area (Å²) in [5.41, 5.74) is 0.245. The molecule has 0 aliphatic rings. The molecule has 0 atom stereocenters. The molecular formula is C11H8ClFN2O2. The van der Waals surface area contributed by atoms with E-state index in [1.807, 2.05) is 0 Å². The first-order valence-corrected chi connectivity index (χ1v) is 5.14. The second-order valence-corrected chi connectivity index (χ2v) is 3.79. The van der Waals surface area contributed by atoms with E-state index >= 15 is 0 Å². The molecule has 1 aromatic heterocycles. The minimum atomic E-state index is -1.16.